The molecule has 0 bridgehead atoms. The second kappa shape index (κ2) is 6.12. The van der Waals surface area contributed by atoms with E-state index in [2.05, 4.69) is 25.2 Å². The number of rotatable bonds is 6. The van der Waals surface area contributed by atoms with E-state index in [0.717, 1.165) is 0 Å². The van der Waals surface area contributed by atoms with Gasteiger partial charge < -0.3 is 5.32 Å². The van der Waals surface area contributed by atoms with Crippen molar-refractivity contribution in [2.75, 3.05) is 7.05 Å². The molecule has 0 aliphatic rings. The first-order chi connectivity index (χ1) is 9.54. The average Bonchev–Trinajstić information content (AvgIpc) is 2.89. The molecular weight excluding hydrogens is 278 g/mol. The van der Waals surface area contributed by atoms with Gasteiger partial charge in [-0.15, -0.1) is 0 Å². The fraction of sp³-hybridized carbons (Fsp3) is 0.333. The van der Waals surface area contributed by atoms with Crippen LogP contribution in [0.25, 0.3) is 0 Å². The molecule has 3 N–H and O–H groups in total. The van der Waals surface area contributed by atoms with Gasteiger partial charge >= 0.3 is 0 Å². The zero-order valence-corrected chi connectivity index (χ0v) is 12.1. The van der Waals surface area contributed by atoms with E-state index in [-0.39, 0.29) is 5.03 Å². The summed E-state index contributed by atoms with van der Waals surface area (Å²) in [5.41, 5.74) is 1.25. The lowest BCUT2D eigenvalue weighted by atomic mass is 10.2. The fourth-order valence-electron chi connectivity index (χ4n) is 1.83. The molecule has 0 saturated heterocycles. The standard InChI is InChI=1S/C12H17N5O2S/c1-9(11-5-3-4-6-14-11)17-20(18,19)12-10(7-13-2)8-15-16-12/h3-6,8-9,13,17H,7H2,1-2H3,(H,15,16). The van der Waals surface area contributed by atoms with E-state index in [1.807, 2.05) is 6.07 Å². The summed E-state index contributed by atoms with van der Waals surface area (Å²) in [4.78, 5) is 4.14. The van der Waals surface area contributed by atoms with Gasteiger partial charge in [0.15, 0.2) is 5.03 Å². The summed E-state index contributed by atoms with van der Waals surface area (Å²) in [7, 11) is -1.92. The lowest BCUT2D eigenvalue weighted by Gasteiger charge is -2.13. The predicted octanol–water partition coefficient (Wildman–Crippen LogP) is 0.564. The monoisotopic (exact) mass is 295 g/mol. The van der Waals surface area contributed by atoms with Gasteiger partial charge in [0.2, 0.25) is 0 Å². The van der Waals surface area contributed by atoms with Crippen molar-refractivity contribution in [2.45, 2.75) is 24.5 Å². The molecule has 0 aliphatic heterocycles. The zero-order valence-electron chi connectivity index (χ0n) is 11.3. The van der Waals surface area contributed by atoms with E-state index in [0.29, 0.717) is 17.8 Å². The molecule has 0 aliphatic carbocycles. The Morgan fingerprint density at radius 3 is 2.85 bits per heavy atom. The molecular formula is C12H17N5O2S. The summed E-state index contributed by atoms with van der Waals surface area (Å²) in [6.07, 6.45) is 3.12. The van der Waals surface area contributed by atoms with Crippen molar-refractivity contribution >= 4 is 10.0 Å². The first kappa shape index (κ1) is 14.6. The molecule has 108 valence electrons. The van der Waals surface area contributed by atoms with Crippen LogP contribution in [0.15, 0.2) is 35.6 Å². The topological polar surface area (TPSA) is 99.8 Å². The minimum Gasteiger partial charge on any atom is -0.316 e. The maximum absolute atomic E-state index is 12.3. The van der Waals surface area contributed by atoms with E-state index in [4.69, 9.17) is 0 Å². The van der Waals surface area contributed by atoms with Crippen LogP contribution in [0.5, 0.6) is 0 Å². The Hall–Kier alpha value is -1.77. The summed E-state index contributed by atoms with van der Waals surface area (Å²) >= 11 is 0. The third-order valence-electron chi connectivity index (χ3n) is 2.78. The van der Waals surface area contributed by atoms with E-state index in [1.54, 1.807) is 32.3 Å². The quantitative estimate of drug-likeness (QED) is 0.723. The number of sulfonamides is 1. The van der Waals surface area contributed by atoms with Crippen LogP contribution in [0.3, 0.4) is 0 Å². The predicted molar refractivity (Wildman–Crippen MR) is 74.3 cm³/mol. The highest BCUT2D eigenvalue weighted by Gasteiger charge is 2.23. The van der Waals surface area contributed by atoms with Gasteiger partial charge in [-0.3, -0.25) is 10.1 Å². The fourth-order valence-corrected chi connectivity index (χ4v) is 3.18. The van der Waals surface area contributed by atoms with Crippen LogP contribution in [-0.2, 0) is 16.6 Å². The second-order valence-corrected chi connectivity index (χ2v) is 6.00. The van der Waals surface area contributed by atoms with E-state index in [1.165, 1.54) is 6.20 Å². The third kappa shape index (κ3) is 3.21. The van der Waals surface area contributed by atoms with Crippen molar-refractivity contribution in [2.24, 2.45) is 0 Å². The van der Waals surface area contributed by atoms with Crippen molar-refractivity contribution in [3.05, 3.63) is 41.9 Å². The van der Waals surface area contributed by atoms with Crippen LogP contribution >= 0.6 is 0 Å². The normalized spacial score (nSPS) is 13.3. The Kier molecular flexibility index (Phi) is 4.48. The summed E-state index contributed by atoms with van der Waals surface area (Å²) in [6.45, 7) is 2.17. The summed E-state index contributed by atoms with van der Waals surface area (Å²) in [6, 6.07) is 4.95. The van der Waals surface area contributed by atoms with E-state index >= 15 is 0 Å². The van der Waals surface area contributed by atoms with Gasteiger partial charge in [0.05, 0.1) is 17.9 Å². The molecule has 0 fully saturated rings. The highest BCUT2D eigenvalue weighted by molar-refractivity contribution is 7.89. The molecule has 2 heterocycles. The minimum absolute atomic E-state index is 0.0784. The third-order valence-corrected chi connectivity index (χ3v) is 4.33. The summed E-state index contributed by atoms with van der Waals surface area (Å²) in [5.74, 6) is 0. The number of H-pyrrole nitrogens is 1. The van der Waals surface area contributed by atoms with Gasteiger partial charge in [-0.05, 0) is 26.1 Å². The molecule has 8 heteroatoms. The molecule has 0 amide bonds. The number of hydrogen-bond acceptors (Lipinski definition) is 5. The molecule has 2 aromatic heterocycles. The average molecular weight is 295 g/mol. The van der Waals surface area contributed by atoms with Crippen LogP contribution < -0.4 is 10.0 Å². The number of aromatic amines is 1. The second-order valence-electron chi connectivity index (χ2n) is 4.35. The lowest BCUT2D eigenvalue weighted by molar-refractivity contribution is 0.558. The van der Waals surface area contributed by atoms with Crippen molar-refractivity contribution in [1.29, 1.82) is 0 Å². The van der Waals surface area contributed by atoms with Gasteiger partial charge in [-0.2, -0.15) is 5.10 Å². The first-order valence-electron chi connectivity index (χ1n) is 6.14. The van der Waals surface area contributed by atoms with Gasteiger partial charge in [0.25, 0.3) is 10.0 Å². The number of hydrogen-bond donors (Lipinski definition) is 3. The Balaban J connectivity index is 2.21. The molecule has 0 saturated carbocycles. The number of pyridine rings is 1. The maximum atomic E-state index is 12.3. The minimum atomic E-state index is -3.67. The van der Waals surface area contributed by atoms with Gasteiger partial charge in [-0.1, -0.05) is 6.07 Å². The first-order valence-corrected chi connectivity index (χ1v) is 7.63. The largest absolute Gasteiger partial charge is 0.316 e. The molecule has 0 radical (unpaired) electrons. The van der Waals surface area contributed by atoms with Gasteiger partial charge in [-0.25, -0.2) is 13.1 Å². The Morgan fingerprint density at radius 2 is 2.20 bits per heavy atom. The number of nitrogens with one attached hydrogen (secondary N) is 3. The summed E-state index contributed by atoms with van der Waals surface area (Å²) < 4.78 is 27.3. The maximum Gasteiger partial charge on any atom is 0.258 e. The van der Waals surface area contributed by atoms with Crippen LogP contribution in [0.4, 0.5) is 0 Å². The van der Waals surface area contributed by atoms with Crippen molar-refractivity contribution in [3.8, 4) is 0 Å². The highest BCUT2D eigenvalue weighted by Crippen LogP contribution is 2.16. The Bertz CT molecular complexity index is 653. The van der Waals surface area contributed by atoms with Crippen LogP contribution in [0.2, 0.25) is 0 Å². The lowest BCUT2D eigenvalue weighted by Crippen LogP contribution is -2.28. The molecule has 2 rings (SSSR count). The molecule has 0 aromatic carbocycles. The van der Waals surface area contributed by atoms with Crippen LogP contribution in [-0.4, -0.2) is 30.6 Å². The SMILES string of the molecule is CNCc1cn[nH]c1S(=O)(=O)NC(C)c1ccccn1. The van der Waals surface area contributed by atoms with Crippen molar-refractivity contribution in [1.82, 2.24) is 25.2 Å². The Labute approximate surface area is 117 Å². The number of aromatic nitrogens is 3. The molecule has 7 nitrogen and oxygen atoms in total. The molecule has 1 atom stereocenters. The molecule has 0 spiro atoms. The molecule has 20 heavy (non-hydrogen) atoms. The van der Waals surface area contributed by atoms with Gasteiger partial charge in [0, 0.05) is 18.3 Å². The van der Waals surface area contributed by atoms with Crippen molar-refractivity contribution < 1.29 is 8.42 Å². The highest BCUT2D eigenvalue weighted by atomic mass is 32.2. The van der Waals surface area contributed by atoms with Gasteiger partial charge in [0.1, 0.15) is 0 Å². The van der Waals surface area contributed by atoms with E-state index < -0.39 is 16.1 Å². The number of nitrogens with zero attached hydrogens (tertiary/aromatic N) is 2. The zero-order chi connectivity index (χ0) is 14.6. The Morgan fingerprint density at radius 1 is 1.40 bits per heavy atom. The summed E-state index contributed by atoms with van der Waals surface area (Å²) in [5, 5.41) is 9.30. The van der Waals surface area contributed by atoms with Crippen molar-refractivity contribution in [3.63, 3.8) is 0 Å². The van der Waals surface area contributed by atoms with Crippen LogP contribution in [0, 0.1) is 0 Å². The smallest absolute Gasteiger partial charge is 0.258 e. The molecule has 2 aromatic rings. The molecule has 1 unspecified atom stereocenters. The van der Waals surface area contributed by atoms with E-state index in [9.17, 15) is 8.42 Å². The van der Waals surface area contributed by atoms with Crippen LogP contribution in [0.1, 0.15) is 24.2 Å².